The predicted molar refractivity (Wildman–Crippen MR) is 23.5 cm³/mol. The summed E-state index contributed by atoms with van der Waals surface area (Å²) in [6.45, 7) is 3.88. The van der Waals surface area contributed by atoms with Crippen molar-refractivity contribution in [2.45, 2.75) is 6.42 Å². The Morgan fingerprint density at radius 1 is 1.67 bits per heavy atom. The van der Waals surface area contributed by atoms with Crippen LogP contribution in [0.3, 0.4) is 0 Å². The molecule has 36 valence electrons. The number of allylic oxidation sites excluding steroid dienone is 1. The van der Waals surface area contributed by atoms with Gasteiger partial charge in [0.15, 0.2) is 0 Å². The van der Waals surface area contributed by atoms with Gasteiger partial charge in [-0.3, -0.25) is 0 Å². The van der Waals surface area contributed by atoms with Crippen molar-refractivity contribution in [1.29, 1.82) is 0 Å². The van der Waals surface area contributed by atoms with Gasteiger partial charge in [-0.15, -0.1) is 0 Å². The summed E-state index contributed by atoms with van der Waals surface area (Å²) < 4.78 is 2.90. The van der Waals surface area contributed by atoms with Crippen molar-refractivity contribution in [2.75, 3.05) is 8.86 Å². The first-order valence-electron chi connectivity index (χ1n) is 2.10. The fourth-order valence-corrected chi connectivity index (χ4v) is 3.14. The number of rotatable bonds is 0. The van der Waals surface area contributed by atoms with Crippen LogP contribution in [0.2, 0.25) is 0 Å². The molecule has 1 aliphatic rings. The monoisotopic (exact) mass is 195 g/mol. The van der Waals surface area contributed by atoms with Crippen LogP contribution in [0, 0.1) is 0 Å². The molecular weight excluding hydrogens is 187 g/mol. The van der Waals surface area contributed by atoms with E-state index in [1.165, 1.54) is 20.8 Å². The molecule has 0 saturated carbocycles. The van der Waals surface area contributed by atoms with E-state index < -0.39 is 0 Å². The minimum absolute atomic E-state index is 0.602. The molecule has 1 rings (SSSR count). The first-order chi connectivity index (χ1) is 2.89. The second-order valence-electron chi connectivity index (χ2n) is 1.51. The quantitative estimate of drug-likeness (QED) is 0.239. The van der Waals surface area contributed by atoms with E-state index in [1.807, 2.05) is 0 Å². The molecule has 0 aliphatic carbocycles. The summed E-state index contributed by atoms with van der Waals surface area (Å²) in [5, 5.41) is 0. The molecule has 1 aliphatic heterocycles. The van der Waals surface area contributed by atoms with Gasteiger partial charge in [-0.25, -0.2) is 0 Å². The van der Waals surface area contributed by atoms with Crippen LogP contribution in [-0.2, 0) is 0 Å². The van der Waals surface area contributed by atoms with E-state index >= 15 is 0 Å². The van der Waals surface area contributed by atoms with Crippen LogP contribution in [0.4, 0.5) is 0 Å². The van der Waals surface area contributed by atoms with Gasteiger partial charge in [-0.2, -0.15) is 0 Å². The Morgan fingerprint density at radius 2 is 2.50 bits per heavy atom. The molecule has 0 aromatic rings. The second-order valence-corrected chi connectivity index (χ2v) is 4.43. The predicted octanol–water partition coefficient (Wildman–Crippen LogP) is -1.96. The zero-order valence-electron chi connectivity index (χ0n) is 3.71. The molecule has 0 atom stereocenters. The molecule has 0 nitrogen and oxygen atoms in total. The van der Waals surface area contributed by atoms with Crippen molar-refractivity contribution >= 4 is 0 Å². The van der Waals surface area contributed by atoms with Crippen molar-refractivity contribution in [3.8, 4) is 0 Å². The second kappa shape index (κ2) is 1.96. The molecular formula is C5H8I-. The van der Waals surface area contributed by atoms with Crippen LogP contribution in [0.1, 0.15) is 6.42 Å². The molecule has 0 aromatic carbocycles. The first-order valence-corrected chi connectivity index (χ1v) is 5.15. The molecule has 0 spiro atoms. The molecule has 0 unspecified atom stereocenters. The number of alkyl halides is 2. The van der Waals surface area contributed by atoms with Crippen molar-refractivity contribution < 1.29 is 21.2 Å². The van der Waals surface area contributed by atoms with Crippen molar-refractivity contribution in [3.05, 3.63) is 12.2 Å². The average molecular weight is 195 g/mol. The third kappa shape index (κ3) is 0.965. The van der Waals surface area contributed by atoms with E-state index in [2.05, 4.69) is 6.58 Å². The third-order valence-corrected chi connectivity index (χ3v) is 3.79. The first kappa shape index (κ1) is 4.62. The van der Waals surface area contributed by atoms with Gasteiger partial charge < -0.3 is 0 Å². The summed E-state index contributed by atoms with van der Waals surface area (Å²) in [5.41, 5.74) is 1.50. The topological polar surface area (TPSA) is 0 Å². The van der Waals surface area contributed by atoms with Gasteiger partial charge >= 0.3 is 48.6 Å². The van der Waals surface area contributed by atoms with Crippen LogP contribution in [-0.4, -0.2) is 8.86 Å². The molecule has 0 N–H and O–H groups in total. The number of hydrogen-bond donors (Lipinski definition) is 0. The Hall–Kier alpha value is 0.470. The van der Waals surface area contributed by atoms with Gasteiger partial charge in [0.1, 0.15) is 0 Å². The molecule has 6 heavy (non-hydrogen) atoms. The molecule has 1 fully saturated rings. The average Bonchev–Trinajstić information content (AvgIpc) is 1.86. The molecule has 1 heteroatoms. The van der Waals surface area contributed by atoms with Gasteiger partial charge in [0.05, 0.1) is 0 Å². The SMILES string of the molecule is C=C1CC[I-]C1. The zero-order valence-corrected chi connectivity index (χ0v) is 5.86. The van der Waals surface area contributed by atoms with E-state index in [-0.39, 0.29) is 0 Å². The van der Waals surface area contributed by atoms with Gasteiger partial charge in [-0.1, -0.05) is 0 Å². The fraction of sp³-hybridized carbons (Fsp3) is 0.600. The summed E-state index contributed by atoms with van der Waals surface area (Å²) in [5.74, 6) is 0. The number of halogens is 1. The zero-order chi connectivity index (χ0) is 4.41. The van der Waals surface area contributed by atoms with E-state index in [9.17, 15) is 0 Å². The fourth-order valence-electron chi connectivity index (χ4n) is 0.468. The summed E-state index contributed by atoms with van der Waals surface area (Å²) in [4.78, 5) is 0. The Bertz CT molecular complexity index is 58.3. The minimum atomic E-state index is 0.602. The summed E-state index contributed by atoms with van der Waals surface area (Å²) >= 11 is 0.602. The molecule has 0 amide bonds. The Balaban J connectivity index is 2.37. The van der Waals surface area contributed by atoms with E-state index in [0.717, 1.165) is 0 Å². The van der Waals surface area contributed by atoms with Crippen molar-refractivity contribution in [2.24, 2.45) is 0 Å². The standard InChI is InChI=1S/C5H8I/c1-5-2-3-6-4-5/h1-4H2/q-1. The third-order valence-electron chi connectivity index (χ3n) is 0.865. The summed E-state index contributed by atoms with van der Waals surface area (Å²) in [7, 11) is 0. The maximum absolute atomic E-state index is 3.88. The van der Waals surface area contributed by atoms with Gasteiger partial charge in [0.2, 0.25) is 0 Å². The molecule has 1 heterocycles. The molecule has 1 saturated heterocycles. The Morgan fingerprint density at radius 3 is 2.67 bits per heavy atom. The molecule has 0 aromatic heterocycles. The Labute approximate surface area is 48.9 Å². The van der Waals surface area contributed by atoms with Crippen molar-refractivity contribution in [1.82, 2.24) is 0 Å². The van der Waals surface area contributed by atoms with Crippen molar-refractivity contribution in [3.63, 3.8) is 0 Å². The van der Waals surface area contributed by atoms with Crippen LogP contribution in [0.15, 0.2) is 12.2 Å². The maximum atomic E-state index is 3.88. The van der Waals surface area contributed by atoms with E-state index in [1.54, 1.807) is 0 Å². The number of hydrogen-bond acceptors (Lipinski definition) is 0. The molecule has 0 radical (unpaired) electrons. The van der Waals surface area contributed by atoms with Crippen LogP contribution >= 0.6 is 0 Å². The van der Waals surface area contributed by atoms with Crippen LogP contribution in [0.25, 0.3) is 0 Å². The van der Waals surface area contributed by atoms with Crippen LogP contribution < -0.4 is 21.2 Å². The normalized spacial score (nSPS) is 23.7. The van der Waals surface area contributed by atoms with Gasteiger partial charge in [0, 0.05) is 0 Å². The van der Waals surface area contributed by atoms with Gasteiger partial charge in [-0.05, 0) is 0 Å². The summed E-state index contributed by atoms with van der Waals surface area (Å²) in [6.07, 6.45) is 1.34. The van der Waals surface area contributed by atoms with Gasteiger partial charge in [0.25, 0.3) is 0 Å². The van der Waals surface area contributed by atoms with E-state index in [0.29, 0.717) is 21.2 Å². The van der Waals surface area contributed by atoms with E-state index in [4.69, 9.17) is 0 Å². The van der Waals surface area contributed by atoms with Crippen LogP contribution in [0.5, 0.6) is 0 Å². The molecule has 0 bridgehead atoms. The summed E-state index contributed by atoms with van der Waals surface area (Å²) in [6, 6.07) is 0. The Kier molecular flexibility index (Phi) is 1.51.